The third-order valence-corrected chi connectivity index (χ3v) is 16.2. The predicted octanol–water partition coefficient (Wildman–Crippen LogP) is 23.4. The average molecular weight is 1070 g/mol. The molecule has 0 spiro atoms. The van der Waals surface area contributed by atoms with Crippen molar-refractivity contribution in [2.45, 2.75) is 0 Å². The van der Waals surface area contributed by atoms with Crippen LogP contribution in [0.5, 0.6) is 0 Å². The Morgan fingerprint density at radius 1 is 0.0714 bits per heavy atom. The molecule has 0 saturated heterocycles. The van der Waals surface area contributed by atoms with E-state index in [4.69, 9.17) is 0 Å². The van der Waals surface area contributed by atoms with E-state index < -0.39 is 0 Å². The van der Waals surface area contributed by atoms with Crippen molar-refractivity contribution >= 4 is 0 Å². The summed E-state index contributed by atoms with van der Waals surface area (Å²) in [6.45, 7) is 0. The van der Waals surface area contributed by atoms with E-state index in [2.05, 4.69) is 352 Å². The SMILES string of the molecule is c1ccc(-c2ccc(-c3cccc(-c4cc(-c5cccc(-c6cccc(-c7ccccc7)c6)c5)cc(-c5cc(-c6cccc(-c7ccc(-c8ccccc8)cc7)c6)cc(-c6cccc(-c7cccc(-c8ccccc8)c7)c6)c5)c4)c3)cc2)cc1. The minimum absolute atomic E-state index is 1.14. The van der Waals surface area contributed by atoms with Crippen molar-refractivity contribution in [2.75, 3.05) is 0 Å². The maximum absolute atomic E-state index is 2.40. The van der Waals surface area contributed by atoms with Gasteiger partial charge in [0.1, 0.15) is 0 Å². The summed E-state index contributed by atoms with van der Waals surface area (Å²) in [5, 5.41) is 0. The maximum atomic E-state index is 2.40. The number of hydrogen-bond donors (Lipinski definition) is 0. The molecule has 0 fully saturated rings. The van der Waals surface area contributed by atoms with Crippen LogP contribution >= 0.6 is 0 Å². The van der Waals surface area contributed by atoms with Crippen LogP contribution in [0.1, 0.15) is 0 Å². The molecule has 0 heteroatoms. The summed E-state index contributed by atoms with van der Waals surface area (Å²) in [4.78, 5) is 0. The number of hydrogen-bond acceptors (Lipinski definition) is 0. The van der Waals surface area contributed by atoms with Crippen LogP contribution in [-0.2, 0) is 0 Å². The molecule has 0 aromatic heterocycles. The molecule has 394 valence electrons. The van der Waals surface area contributed by atoms with Gasteiger partial charge in [0, 0.05) is 0 Å². The fourth-order valence-corrected chi connectivity index (χ4v) is 11.8. The van der Waals surface area contributed by atoms with Crippen molar-refractivity contribution in [1.29, 1.82) is 0 Å². The summed E-state index contributed by atoms with van der Waals surface area (Å²) in [6.07, 6.45) is 0. The van der Waals surface area contributed by atoms with E-state index in [1.807, 2.05) is 0 Å². The average Bonchev–Trinajstić information content (AvgIpc) is 3.27. The van der Waals surface area contributed by atoms with Crippen LogP contribution < -0.4 is 0 Å². The van der Waals surface area contributed by atoms with E-state index in [9.17, 15) is 0 Å². The second kappa shape index (κ2) is 23.3. The second-order valence-corrected chi connectivity index (χ2v) is 21.7. The Balaban J connectivity index is 0.917. The fourth-order valence-electron chi connectivity index (χ4n) is 11.8. The highest BCUT2D eigenvalue weighted by Crippen LogP contribution is 2.41. The largest absolute Gasteiger partial charge is 0.0622 e. The van der Waals surface area contributed by atoms with Crippen LogP contribution in [0.25, 0.3) is 145 Å². The van der Waals surface area contributed by atoms with Crippen molar-refractivity contribution < 1.29 is 0 Å². The van der Waals surface area contributed by atoms with Crippen LogP contribution in [0.15, 0.2) is 352 Å². The minimum atomic E-state index is 1.14. The molecule has 0 aliphatic heterocycles. The molecule has 0 radical (unpaired) electrons. The molecule has 0 saturated carbocycles. The highest BCUT2D eigenvalue weighted by Gasteiger charge is 2.15. The molecule has 14 aromatic rings. The van der Waals surface area contributed by atoms with E-state index in [0.717, 1.165) is 55.6 Å². The van der Waals surface area contributed by atoms with Gasteiger partial charge in [-0.25, -0.2) is 0 Å². The first-order valence-electron chi connectivity index (χ1n) is 28.9. The standard InChI is InChI=1S/C84H58/c1-5-19-59(20-6-1)63-39-43-65(44-40-63)69-29-15-35-75(49-69)79-53-81(77-37-17-33-73(51-77)71-31-13-27-67(47-71)61-23-9-3-10-24-61)57-83(55-79)84-56-80(76-36-16-30-70(50-76)66-45-41-64(42-46-66)60-21-7-2-8-22-60)54-82(58-84)78-38-18-34-74(52-78)72-32-14-28-68(48-72)62-25-11-4-12-26-62/h1-58H. The Bertz CT molecular complexity index is 4300. The van der Waals surface area contributed by atoms with Gasteiger partial charge in [-0.3, -0.25) is 0 Å². The molecule has 0 nitrogen and oxygen atoms in total. The molecule has 0 aliphatic rings. The lowest BCUT2D eigenvalue weighted by Gasteiger charge is -2.16. The van der Waals surface area contributed by atoms with Gasteiger partial charge in [0.2, 0.25) is 0 Å². The van der Waals surface area contributed by atoms with Gasteiger partial charge in [-0.1, -0.05) is 279 Å². The van der Waals surface area contributed by atoms with E-state index in [1.165, 1.54) is 89.0 Å². The maximum Gasteiger partial charge on any atom is -0.0171 e. The quantitative estimate of drug-likeness (QED) is 0.108. The molecular weight excluding hydrogens is 1010 g/mol. The highest BCUT2D eigenvalue weighted by atomic mass is 14.2. The normalized spacial score (nSPS) is 11.1. The summed E-state index contributed by atoms with van der Waals surface area (Å²) in [7, 11) is 0. The van der Waals surface area contributed by atoms with Crippen LogP contribution in [0, 0.1) is 0 Å². The number of rotatable bonds is 13. The Morgan fingerprint density at radius 3 is 0.381 bits per heavy atom. The van der Waals surface area contributed by atoms with E-state index in [1.54, 1.807) is 0 Å². The van der Waals surface area contributed by atoms with E-state index in [-0.39, 0.29) is 0 Å². The molecular formula is C84H58. The molecule has 14 rings (SSSR count). The van der Waals surface area contributed by atoms with Crippen molar-refractivity contribution in [3.05, 3.63) is 352 Å². The van der Waals surface area contributed by atoms with E-state index >= 15 is 0 Å². The van der Waals surface area contributed by atoms with Crippen LogP contribution in [-0.4, -0.2) is 0 Å². The predicted molar refractivity (Wildman–Crippen MR) is 357 cm³/mol. The smallest absolute Gasteiger partial charge is 0.0171 e. The highest BCUT2D eigenvalue weighted by molar-refractivity contribution is 5.90. The van der Waals surface area contributed by atoms with Crippen molar-refractivity contribution in [3.8, 4) is 145 Å². The molecule has 84 heavy (non-hydrogen) atoms. The van der Waals surface area contributed by atoms with Crippen molar-refractivity contribution in [3.63, 3.8) is 0 Å². The van der Waals surface area contributed by atoms with Gasteiger partial charge in [-0.15, -0.1) is 0 Å². The van der Waals surface area contributed by atoms with E-state index in [0.29, 0.717) is 0 Å². The molecule has 0 atom stereocenters. The zero-order valence-electron chi connectivity index (χ0n) is 46.5. The summed E-state index contributed by atoms with van der Waals surface area (Å²) in [5.41, 5.74) is 30.5. The molecule has 14 aromatic carbocycles. The van der Waals surface area contributed by atoms with Gasteiger partial charge < -0.3 is 0 Å². The van der Waals surface area contributed by atoms with Crippen LogP contribution in [0.4, 0.5) is 0 Å². The fraction of sp³-hybridized carbons (Fsp3) is 0. The molecule has 0 amide bonds. The van der Waals surface area contributed by atoms with Gasteiger partial charge in [-0.2, -0.15) is 0 Å². The molecule has 0 unspecified atom stereocenters. The first-order valence-corrected chi connectivity index (χ1v) is 28.9. The zero-order chi connectivity index (χ0) is 56.0. The summed E-state index contributed by atoms with van der Waals surface area (Å²) in [5.74, 6) is 0. The van der Waals surface area contributed by atoms with Gasteiger partial charge >= 0.3 is 0 Å². The Hall–Kier alpha value is -10.9. The monoisotopic (exact) mass is 1070 g/mol. The van der Waals surface area contributed by atoms with Crippen LogP contribution in [0.3, 0.4) is 0 Å². The van der Waals surface area contributed by atoms with Gasteiger partial charge in [0.15, 0.2) is 0 Å². The number of benzene rings is 14. The van der Waals surface area contributed by atoms with Crippen molar-refractivity contribution in [1.82, 2.24) is 0 Å². The molecule has 0 heterocycles. The lowest BCUT2D eigenvalue weighted by molar-refractivity contribution is 1.53. The van der Waals surface area contributed by atoms with Gasteiger partial charge in [-0.05, 0) is 217 Å². The Morgan fingerprint density at radius 2 is 0.179 bits per heavy atom. The third-order valence-electron chi connectivity index (χ3n) is 16.2. The lowest BCUT2D eigenvalue weighted by atomic mass is 9.88. The first-order chi connectivity index (χ1) is 41.6. The first kappa shape index (κ1) is 51.2. The van der Waals surface area contributed by atoms with Gasteiger partial charge in [0.25, 0.3) is 0 Å². The minimum Gasteiger partial charge on any atom is -0.0622 e. The topological polar surface area (TPSA) is 0 Å². The third kappa shape index (κ3) is 11.1. The molecule has 0 bridgehead atoms. The van der Waals surface area contributed by atoms with Crippen LogP contribution in [0.2, 0.25) is 0 Å². The summed E-state index contributed by atoms with van der Waals surface area (Å²) < 4.78 is 0. The second-order valence-electron chi connectivity index (χ2n) is 21.7. The van der Waals surface area contributed by atoms with Crippen molar-refractivity contribution in [2.24, 2.45) is 0 Å². The summed E-state index contributed by atoms with van der Waals surface area (Å²) >= 11 is 0. The Labute approximate surface area is 493 Å². The lowest BCUT2D eigenvalue weighted by Crippen LogP contribution is -1.91. The zero-order valence-corrected chi connectivity index (χ0v) is 46.5. The molecule has 0 N–H and O–H groups in total. The molecule has 0 aliphatic carbocycles. The Kier molecular flexibility index (Phi) is 14.2. The summed E-state index contributed by atoms with van der Waals surface area (Å²) in [6, 6.07) is 129. The van der Waals surface area contributed by atoms with Gasteiger partial charge in [0.05, 0.1) is 0 Å².